The number of fused-ring (bicyclic) bond motifs is 2. The highest BCUT2D eigenvalue weighted by atomic mass is 35.5. The van der Waals surface area contributed by atoms with Crippen LogP contribution in [-0.2, 0) is 33.3 Å². The Bertz CT molecular complexity index is 2070. The molecular formula is C41H59Cl4N4O6S2+. The lowest BCUT2D eigenvalue weighted by Gasteiger charge is -2.25. The Morgan fingerprint density at radius 1 is 0.596 bits per heavy atom. The Kier molecular flexibility index (Phi) is 19.3. The monoisotopic (exact) mass is 907 g/mol. The molecule has 0 unspecified atom stereocenters. The van der Waals surface area contributed by atoms with E-state index >= 15 is 0 Å². The number of aryl methyl sites for hydroxylation is 2. The van der Waals surface area contributed by atoms with Crippen LogP contribution in [0.15, 0.2) is 42.2 Å². The molecule has 16 heteroatoms. The number of hydrogen-bond donors (Lipinski definition) is 2. The van der Waals surface area contributed by atoms with Crippen LogP contribution < -0.4 is 14.4 Å². The lowest BCUT2D eigenvalue weighted by molar-refractivity contribution is -0.674. The Hall–Kier alpha value is -2.03. The van der Waals surface area contributed by atoms with E-state index in [4.69, 9.17) is 46.4 Å². The Morgan fingerprint density at radius 3 is 1.60 bits per heavy atom. The van der Waals surface area contributed by atoms with E-state index in [1.165, 1.54) is 38.5 Å². The van der Waals surface area contributed by atoms with Crippen LogP contribution in [0.4, 0.5) is 11.4 Å². The molecule has 2 aromatic carbocycles. The fourth-order valence-corrected chi connectivity index (χ4v) is 9.20. The molecular weight excluding hydrogens is 850 g/mol. The number of allylic oxidation sites excluding steroid dienone is 2. The van der Waals surface area contributed by atoms with Crippen molar-refractivity contribution in [2.24, 2.45) is 0 Å². The van der Waals surface area contributed by atoms with Crippen LogP contribution in [0.2, 0.25) is 20.1 Å². The lowest BCUT2D eigenvalue weighted by atomic mass is 10.1. The highest BCUT2D eigenvalue weighted by Crippen LogP contribution is 2.46. The van der Waals surface area contributed by atoms with Gasteiger partial charge in [0, 0.05) is 31.3 Å². The average molecular weight is 910 g/mol. The molecule has 0 fully saturated rings. The van der Waals surface area contributed by atoms with Crippen LogP contribution in [0.25, 0.3) is 17.1 Å². The van der Waals surface area contributed by atoms with Gasteiger partial charge >= 0.3 is 0 Å². The topological polar surface area (TPSA) is 124 Å². The van der Waals surface area contributed by atoms with Crippen molar-refractivity contribution < 1.29 is 30.5 Å². The molecule has 0 aliphatic carbocycles. The first-order chi connectivity index (χ1) is 27.1. The quantitative estimate of drug-likeness (QED) is 0.0464. The summed E-state index contributed by atoms with van der Waals surface area (Å²) in [6.07, 6.45) is 21.2. The fourth-order valence-electron chi connectivity index (χ4n) is 7.43. The number of hydrogen-bond acceptors (Lipinski definition) is 6. The average Bonchev–Trinajstić information content (AvgIpc) is 3.56. The molecule has 0 atom stereocenters. The van der Waals surface area contributed by atoms with Crippen molar-refractivity contribution >= 4 is 95.1 Å². The van der Waals surface area contributed by atoms with Crippen LogP contribution in [0, 0.1) is 0 Å². The number of nitrogens with zero attached hydrogens (tertiary/aromatic N) is 4. The third-order valence-electron chi connectivity index (χ3n) is 10.3. The van der Waals surface area contributed by atoms with Gasteiger partial charge in [-0.05, 0) is 63.2 Å². The van der Waals surface area contributed by atoms with Gasteiger partial charge in [-0.3, -0.25) is 9.11 Å². The number of unbranched alkanes of at least 4 members (excludes halogenated alkanes) is 12. The second-order valence-electron chi connectivity index (χ2n) is 14.9. The highest BCUT2D eigenvalue weighted by molar-refractivity contribution is 7.86. The first-order valence-electron chi connectivity index (χ1n) is 20.4. The smallest absolute Gasteiger partial charge is 0.282 e. The van der Waals surface area contributed by atoms with Gasteiger partial charge in [0.1, 0.15) is 5.82 Å². The first-order valence-corrected chi connectivity index (χ1v) is 25.1. The van der Waals surface area contributed by atoms with Crippen LogP contribution >= 0.6 is 46.4 Å². The lowest BCUT2D eigenvalue weighted by Crippen LogP contribution is -2.36. The molecule has 0 spiro atoms. The van der Waals surface area contributed by atoms with Gasteiger partial charge in [-0.1, -0.05) is 124 Å². The summed E-state index contributed by atoms with van der Waals surface area (Å²) in [6, 6.07) is 7.48. The molecule has 10 nitrogen and oxygen atoms in total. The molecule has 318 valence electrons. The maximum atomic E-state index is 11.5. The summed E-state index contributed by atoms with van der Waals surface area (Å²) in [5.41, 5.74) is 3.58. The minimum absolute atomic E-state index is 0.286. The minimum atomic E-state index is -4.09. The van der Waals surface area contributed by atoms with E-state index in [9.17, 15) is 25.9 Å². The highest BCUT2D eigenvalue weighted by Gasteiger charge is 2.32. The SMILES string of the molecule is CCCCCCCCN1C(=CC=Cc2n(CCCCS(=O)(=O)O)c3cc(Cl)c(Cl)cc3[n+]2CCCCCCCC)N(CCCCS(=O)(=O)O)c2cc(Cl)c(Cl)cc21. The van der Waals surface area contributed by atoms with E-state index in [1.807, 2.05) is 30.3 Å². The number of halogens is 4. The third-order valence-corrected chi connectivity index (χ3v) is 13.4. The molecule has 1 aliphatic heterocycles. The summed E-state index contributed by atoms with van der Waals surface area (Å²) in [5, 5.41) is 1.72. The molecule has 57 heavy (non-hydrogen) atoms. The van der Waals surface area contributed by atoms with Gasteiger partial charge in [0.25, 0.3) is 26.1 Å². The zero-order valence-corrected chi connectivity index (χ0v) is 37.9. The molecule has 1 aromatic heterocycles. The molecule has 3 aromatic rings. The van der Waals surface area contributed by atoms with E-state index in [-0.39, 0.29) is 24.3 Å². The van der Waals surface area contributed by atoms with Crippen molar-refractivity contribution in [3.05, 3.63) is 68.2 Å². The van der Waals surface area contributed by atoms with Gasteiger partial charge in [0.05, 0.1) is 56.1 Å². The molecule has 0 saturated carbocycles. The number of benzene rings is 2. The van der Waals surface area contributed by atoms with E-state index in [0.717, 1.165) is 85.7 Å². The van der Waals surface area contributed by atoms with Gasteiger partial charge in [0.2, 0.25) is 0 Å². The summed E-state index contributed by atoms with van der Waals surface area (Å²) >= 11 is 26.4. The molecule has 0 bridgehead atoms. The molecule has 0 saturated heterocycles. The number of anilines is 2. The molecule has 4 rings (SSSR count). The van der Waals surface area contributed by atoms with E-state index < -0.39 is 20.2 Å². The normalized spacial score (nSPS) is 14.3. The van der Waals surface area contributed by atoms with Crippen LogP contribution in [-0.4, -0.2) is 55.1 Å². The third kappa shape index (κ3) is 14.6. The summed E-state index contributed by atoms with van der Waals surface area (Å²) in [7, 11) is -8.19. The van der Waals surface area contributed by atoms with Crippen molar-refractivity contribution in [1.82, 2.24) is 4.57 Å². The zero-order chi connectivity index (χ0) is 41.6. The fraction of sp³-hybridized carbons (Fsp3) is 0.585. The van der Waals surface area contributed by atoms with E-state index in [2.05, 4.69) is 44.9 Å². The summed E-state index contributed by atoms with van der Waals surface area (Å²) in [6.45, 7) is 6.85. The molecule has 2 N–H and O–H groups in total. The van der Waals surface area contributed by atoms with Crippen molar-refractivity contribution in [2.75, 3.05) is 34.4 Å². The minimum Gasteiger partial charge on any atom is -0.326 e. The van der Waals surface area contributed by atoms with E-state index in [0.29, 0.717) is 46.0 Å². The number of rotatable bonds is 26. The van der Waals surface area contributed by atoms with Crippen LogP contribution in [0.5, 0.6) is 0 Å². The second-order valence-corrected chi connectivity index (χ2v) is 19.7. The molecule has 1 aliphatic rings. The Morgan fingerprint density at radius 2 is 1.05 bits per heavy atom. The molecule has 0 radical (unpaired) electrons. The zero-order valence-electron chi connectivity index (χ0n) is 33.2. The maximum absolute atomic E-state index is 11.5. The molecule has 2 heterocycles. The predicted octanol–water partition coefficient (Wildman–Crippen LogP) is 11.8. The Balaban J connectivity index is 1.79. The van der Waals surface area contributed by atoms with Gasteiger partial charge in [-0.15, -0.1) is 0 Å². The summed E-state index contributed by atoms with van der Waals surface area (Å²) in [5.74, 6) is 1.14. The first kappa shape index (κ1) is 47.6. The van der Waals surface area contributed by atoms with Crippen molar-refractivity contribution in [1.29, 1.82) is 0 Å². The maximum Gasteiger partial charge on any atom is 0.282 e. The van der Waals surface area contributed by atoms with Crippen molar-refractivity contribution in [2.45, 2.75) is 130 Å². The summed E-state index contributed by atoms with van der Waals surface area (Å²) in [4.78, 5) is 4.39. The van der Waals surface area contributed by atoms with Gasteiger partial charge < -0.3 is 9.80 Å². The second kappa shape index (κ2) is 23.1. The largest absolute Gasteiger partial charge is 0.326 e. The van der Waals surface area contributed by atoms with Crippen LogP contribution in [0.3, 0.4) is 0 Å². The standard InChI is InChI=1S/C41H58Cl4N4O6S2/c1-3-5-7-9-11-13-22-46-36-28-32(42)34(44)30-38(36)48(24-15-17-26-56(50,51)52)40(46)20-19-21-41-47(23-14-12-10-8-6-4-2)37-29-33(43)35(45)31-39(37)49(41)25-16-18-27-57(53,54)55/h19-21,28-31H,3-18,22-27H2,1-2H3,(H-,50,51,52,53,54,55)/p+1. The van der Waals surface area contributed by atoms with Gasteiger partial charge in [-0.25, -0.2) is 9.13 Å². The van der Waals surface area contributed by atoms with Gasteiger partial charge in [-0.2, -0.15) is 16.8 Å². The number of aromatic nitrogens is 2. The van der Waals surface area contributed by atoms with Gasteiger partial charge in [0.15, 0.2) is 11.0 Å². The predicted molar refractivity (Wildman–Crippen MR) is 238 cm³/mol. The van der Waals surface area contributed by atoms with Crippen LogP contribution in [0.1, 0.15) is 122 Å². The van der Waals surface area contributed by atoms with E-state index in [1.54, 1.807) is 0 Å². The summed E-state index contributed by atoms with van der Waals surface area (Å²) < 4.78 is 69.4. The molecule has 0 amide bonds. The Labute approximate surface area is 360 Å². The van der Waals surface area contributed by atoms with Crippen molar-refractivity contribution in [3.8, 4) is 0 Å². The van der Waals surface area contributed by atoms with Crippen molar-refractivity contribution in [3.63, 3.8) is 0 Å². The number of imidazole rings is 1.